The Hall–Kier alpha value is -0.760. The lowest BCUT2D eigenvalue weighted by Gasteiger charge is -2.07. The fraction of sp³-hybridized carbons (Fsp3) is 0.333. The van der Waals surface area contributed by atoms with Crippen LogP contribution in [-0.2, 0) is 6.42 Å². The Kier molecular flexibility index (Phi) is 4.21. The van der Waals surface area contributed by atoms with Gasteiger partial charge < -0.3 is 5.11 Å². The molecule has 0 radical (unpaired) electrons. The number of phenolic OH excluding ortho intramolecular Hbond substituents is 1. The molecule has 0 saturated carbocycles. The van der Waals surface area contributed by atoms with Gasteiger partial charge in [0.15, 0.2) is 0 Å². The molecule has 14 heavy (non-hydrogen) atoms. The van der Waals surface area contributed by atoms with E-state index in [9.17, 15) is 5.11 Å². The molecule has 0 aliphatic rings. The first kappa shape index (κ1) is 11.3. The summed E-state index contributed by atoms with van der Waals surface area (Å²) in [7, 11) is 0. The highest BCUT2D eigenvalue weighted by Crippen LogP contribution is 2.29. The smallest absolute Gasteiger partial charge is 0.120 e. The molecule has 1 nitrogen and oxygen atoms in total. The highest BCUT2D eigenvalue weighted by molar-refractivity contribution is 9.10. The van der Waals surface area contributed by atoms with E-state index in [2.05, 4.69) is 35.0 Å². The average Bonchev–Trinajstić information content (AvgIpc) is 2.18. The van der Waals surface area contributed by atoms with Crippen LogP contribution in [0.25, 0.3) is 0 Å². The van der Waals surface area contributed by atoms with Crippen LogP contribution in [0.5, 0.6) is 5.75 Å². The van der Waals surface area contributed by atoms with Crippen LogP contribution in [0, 0.1) is 6.92 Å². The van der Waals surface area contributed by atoms with Gasteiger partial charge in [0.25, 0.3) is 0 Å². The van der Waals surface area contributed by atoms with Crippen LogP contribution in [0.4, 0.5) is 0 Å². The number of aromatic hydroxyl groups is 1. The topological polar surface area (TPSA) is 20.2 Å². The molecule has 76 valence electrons. The van der Waals surface area contributed by atoms with E-state index in [-0.39, 0.29) is 0 Å². The number of allylic oxidation sites excluding steroid dienone is 2. The maximum atomic E-state index is 9.65. The van der Waals surface area contributed by atoms with Crippen LogP contribution >= 0.6 is 15.9 Å². The predicted octanol–water partition coefficient (Wildman–Crippen LogP) is 3.97. The molecule has 0 saturated heterocycles. The largest absolute Gasteiger partial charge is 0.508 e. The molecule has 0 aliphatic carbocycles. The molecule has 0 bridgehead atoms. The highest BCUT2D eigenvalue weighted by atomic mass is 79.9. The lowest BCUT2D eigenvalue weighted by Crippen LogP contribution is -1.88. The number of phenols is 1. The molecule has 0 heterocycles. The van der Waals surface area contributed by atoms with Gasteiger partial charge in [-0.25, -0.2) is 0 Å². The normalized spacial score (nSPS) is 11.1. The third-order valence-electron chi connectivity index (χ3n) is 2.14. The van der Waals surface area contributed by atoms with E-state index in [1.165, 1.54) is 0 Å². The molecule has 1 aromatic rings. The standard InChI is InChI=1S/C12H15BrO/c1-3-4-5-6-10-11(14)8-7-9(2)12(10)13/h4-5,7-8,14H,3,6H2,1-2H3/b5-4-. The average molecular weight is 255 g/mol. The Balaban J connectivity index is 2.95. The summed E-state index contributed by atoms with van der Waals surface area (Å²) in [5.74, 6) is 0.364. The van der Waals surface area contributed by atoms with Crippen LogP contribution in [0.1, 0.15) is 24.5 Å². The van der Waals surface area contributed by atoms with Gasteiger partial charge in [0.05, 0.1) is 0 Å². The summed E-state index contributed by atoms with van der Waals surface area (Å²) in [4.78, 5) is 0. The molecule has 0 unspecified atom stereocenters. The maximum Gasteiger partial charge on any atom is 0.120 e. The molecular formula is C12H15BrO. The number of rotatable bonds is 3. The molecule has 0 amide bonds. The van der Waals surface area contributed by atoms with Gasteiger partial charge in [-0.1, -0.05) is 41.1 Å². The summed E-state index contributed by atoms with van der Waals surface area (Å²) in [6, 6.07) is 3.65. The van der Waals surface area contributed by atoms with Crippen molar-refractivity contribution in [3.63, 3.8) is 0 Å². The number of aryl methyl sites for hydroxylation is 1. The molecule has 1 aromatic carbocycles. The maximum absolute atomic E-state index is 9.65. The molecule has 0 spiro atoms. The molecule has 0 aromatic heterocycles. The first-order valence-corrected chi connectivity index (χ1v) is 5.58. The van der Waals surface area contributed by atoms with E-state index in [0.29, 0.717) is 5.75 Å². The van der Waals surface area contributed by atoms with Gasteiger partial charge in [0, 0.05) is 10.0 Å². The molecule has 0 fully saturated rings. The van der Waals surface area contributed by atoms with E-state index in [0.717, 1.165) is 28.4 Å². The monoisotopic (exact) mass is 254 g/mol. The van der Waals surface area contributed by atoms with Gasteiger partial charge in [-0.15, -0.1) is 0 Å². The number of benzene rings is 1. The van der Waals surface area contributed by atoms with Gasteiger partial charge in [0.1, 0.15) is 5.75 Å². The van der Waals surface area contributed by atoms with Crippen LogP contribution in [0.2, 0.25) is 0 Å². The van der Waals surface area contributed by atoms with E-state index in [4.69, 9.17) is 0 Å². The second-order valence-electron chi connectivity index (χ2n) is 3.28. The van der Waals surface area contributed by atoms with E-state index >= 15 is 0 Å². The van der Waals surface area contributed by atoms with Crippen molar-refractivity contribution in [2.45, 2.75) is 26.7 Å². The second kappa shape index (κ2) is 5.20. The van der Waals surface area contributed by atoms with Crippen molar-refractivity contribution in [3.8, 4) is 5.75 Å². The van der Waals surface area contributed by atoms with Gasteiger partial charge in [0.2, 0.25) is 0 Å². The summed E-state index contributed by atoms with van der Waals surface area (Å²) < 4.78 is 1.01. The van der Waals surface area contributed by atoms with Crippen molar-refractivity contribution >= 4 is 15.9 Å². The third kappa shape index (κ3) is 2.61. The quantitative estimate of drug-likeness (QED) is 0.810. The predicted molar refractivity (Wildman–Crippen MR) is 63.7 cm³/mol. The Morgan fingerprint density at radius 2 is 2.07 bits per heavy atom. The minimum atomic E-state index is 0.364. The fourth-order valence-electron chi connectivity index (χ4n) is 1.29. The van der Waals surface area contributed by atoms with Gasteiger partial charge in [-0.3, -0.25) is 0 Å². The lowest BCUT2D eigenvalue weighted by atomic mass is 10.1. The van der Waals surface area contributed by atoms with Crippen LogP contribution in [0.3, 0.4) is 0 Å². The van der Waals surface area contributed by atoms with Crippen molar-refractivity contribution in [2.75, 3.05) is 0 Å². The summed E-state index contributed by atoms with van der Waals surface area (Å²) in [6.45, 7) is 4.12. The fourth-order valence-corrected chi connectivity index (χ4v) is 1.79. The first-order chi connectivity index (χ1) is 6.66. The zero-order chi connectivity index (χ0) is 10.6. The Bertz CT molecular complexity index is 342. The number of hydrogen-bond donors (Lipinski definition) is 1. The van der Waals surface area contributed by atoms with Crippen LogP contribution in [0.15, 0.2) is 28.8 Å². The molecule has 0 aliphatic heterocycles. The van der Waals surface area contributed by atoms with Gasteiger partial charge >= 0.3 is 0 Å². The van der Waals surface area contributed by atoms with Gasteiger partial charge in [-0.05, 0) is 31.4 Å². The molecule has 2 heteroatoms. The summed E-state index contributed by atoms with van der Waals surface area (Å²) in [5.41, 5.74) is 2.12. The summed E-state index contributed by atoms with van der Waals surface area (Å²) in [5, 5.41) is 9.65. The Morgan fingerprint density at radius 1 is 1.36 bits per heavy atom. The van der Waals surface area contributed by atoms with Crippen molar-refractivity contribution < 1.29 is 5.11 Å². The summed E-state index contributed by atoms with van der Waals surface area (Å²) >= 11 is 3.49. The first-order valence-electron chi connectivity index (χ1n) is 4.78. The zero-order valence-corrected chi connectivity index (χ0v) is 10.1. The van der Waals surface area contributed by atoms with Gasteiger partial charge in [-0.2, -0.15) is 0 Å². The number of halogens is 1. The van der Waals surface area contributed by atoms with E-state index < -0.39 is 0 Å². The Morgan fingerprint density at radius 3 is 2.71 bits per heavy atom. The van der Waals surface area contributed by atoms with Crippen molar-refractivity contribution in [2.24, 2.45) is 0 Å². The zero-order valence-electron chi connectivity index (χ0n) is 8.55. The van der Waals surface area contributed by atoms with Crippen molar-refractivity contribution in [1.82, 2.24) is 0 Å². The molecule has 1 rings (SSSR count). The molecule has 1 N–H and O–H groups in total. The number of hydrogen-bond acceptors (Lipinski definition) is 1. The van der Waals surface area contributed by atoms with Crippen LogP contribution < -0.4 is 0 Å². The Labute approximate surface area is 93.6 Å². The minimum Gasteiger partial charge on any atom is -0.508 e. The third-order valence-corrected chi connectivity index (χ3v) is 3.24. The molecule has 0 atom stereocenters. The SMILES string of the molecule is CC/C=C\Cc1c(O)ccc(C)c1Br. The lowest BCUT2D eigenvalue weighted by molar-refractivity contribution is 0.469. The van der Waals surface area contributed by atoms with Crippen molar-refractivity contribution in [1.29, 1.82) is 0 Å². The van der Waals surface area contributed by atoms with Crippen molar-refractivity contribution in [3.05, 3.63) is 39.9 Å². The molecular weight excluding hydrogens is 240 g/mol. The summed E-state index contributed by atoms with van der Waals surface area (Å²) in [6.07, 6.45) is 6.00. The minimum absolute atomic E-state index is 0.364. The van der Waals surface area contributed by atoms with E-state index in [1.54, 1.807) is 6.07 Å². The second-order valence-corrected chi connectivity index (χ2v) is 4.07. The highest BCUT2D eigenvalue weighted by Gasteiger charge is 2.06. The van der Waals surface area contributed by atoms with Crippen LogP contribution in [-0.4, -0.2) is 5.11 Å². The van der Waals surface area contributed by atoms with E-state index in [1.807, 2.05) is 13.0 Å².